The normalized spacial score (nSPS) is 19.2. The third-order valence-corrected chi connectivity index (χ3v) is 5.13. The third-order valence-electron chi connectivity index (χ3n) is 3.21. The van der Waals surface area contributed by atoms with E-state index >= 15 is 0 Å². The molecule has 1 rings (SSSR count). The van der Waals surface area contributed by atoms with Crippen LogP contribution in [0, 0.1) is 0 Å². The minimum atomic E-state index is -3.37. The van der Waals surface area contributed by atoms with Crippen molar-refractivity contribution in [2.75, 3.05) is 26.2 Å². The van der Waals surface area contributed by atoms with E-state index < -0.39 is 15.3 Å². The number of carbonyl (C=O) groups excluding carboxylic acids is 1. The Balaban J connectivity index is 2.45. The molecule has 0 bridgehead atoms. The minimum Gasteiger partial charge on any atom is -0.450 e. The number of likely N-dealkylation sites (tertiary alicyclic amines) is 1. The first-order valence-corrected chi connectivity index (χ1v) is 8.08. The number of piperidine rings is 1. The van der Waals surface area contributed by atoms with Crippen LogP contribution in [0.15, 0.2) is 0 Å². The van der Waals surface area contributed by atoms with Crippen molar-refractivity contribution in [3.8, 4) is 0 Å². The Morgan fingerprint density at radius 2 is 2.05 bits per heavy atom. The molecule has 0 radical (unpaired) electrons. The van der Waals surface area contributed by atoms with Gasteiger partial charge in [0.25, 0.3) is 0 Å². The topological polar surface area (TPSA) is 102 Å². The number of hydrogen-bond donors (Lipinski definition) is 2. The molecule has 19 heavy (non-hydrogen) atoms. The minimum absolute atomic E-state index is 0.0943. The Labute approximate surface area is 114 Å². The highest BCUT2D eigenvalue weighted by Gasteiger charge is 2.28. The van der Waals surface area contributed by atoms with Gasteiger partial charge in [0, 0.05) is 25.7 Å². The molecule has 1 fully saturated rings. The molecule has 1 saturated heterocycles. The van der Waals surface area contributed by atoms with E-state index in [0.717, 1.165) is 0 Å². The van der Waals surface area contributed by atoms with Crippen molar-refractivity contribution in [3.05, 3.63) is 0 Å². The van der Waals surface area contributed by atoms with Gasteiger partial charge < -0.3 is 15.4 Å². The zero-order valence-corrected chi connectivity index (χ0v) is 12.3. The molecule has 112 valence electrons. The number of amides is 1. The second kappa shape index (κ2) is 7.06. The van der Waals surface area contributed by atoms with E-state index in [4.69, 9.17) is 10.5 Å². The van der Waals surface area contributed by atoms with Gasteiger partial charge in [-0.1, -0.05) is 0 Å². The van der Waals surface area contributed by atoms with E-state index in [1.165, 1.54) is 0 Å². The number of nitrogens with one attached hydrogen (secondary N) is 1. The maximum Gasteiger partial charge on any atom is 0.409 e. The molecule has 8 heteroatoms. The van der Waals surface area contributed by atoms with Crippen molar-refractivity contribution in [1.82, 2.24) is 9.62 Å². The van der Waals surface area contributed by atoms with Gasteiger partial charge in [-0.25, -0.2) is 17.9 Å². The number of nitrogens with zero attached hydrogens (tertiary/aromatic N) is 1. The predicted octanol–water partition coefficient (Wildman–Crippen LogP) is -0.126. The van der Waals surface area contributed by atoms with E-state index in [-0.39, 0.29) is 18.7 Å². The summed E-state index contributed by atoms with van der Waals surface area (Å²) in [6, 6.07) is -0.135. The van der Waals surface area contributed by atoms with E-state index in [1.807, 2.05) is 0 Å². The number of ether oxygens (including phenoxy) is 1. The molecule has 0 aliphatic carbocycles. The van der Waals surface area contributed by atoms with E-state index in [2.05, 4.69) is 4.72 Å². The van der Waals surface area contributed by atoms with Gasteiger partial charge in [-0.15, -0.1) is 0 Å². The highest BCUT2D eigenvalue weighted by atomic mass is 32.2. The smallest absolute Gasteiger partial charge is 0.409 e. The van der Waals surface area contributed by atoms with Crippen molar-refractivity contribution in [1.29, 1.82) is 0 Å². The summed E-state index contributed by atoms with van der Waals surface area (Å²) >= 11 is 0. The summed E-state index contributed by atoms with van der Waals surface area (Å²) in [7, 11) is -3.37. The van der Waals surface area contributed by atoms with Crippen LogP contribution in [0.5, 0.6) is 0 Å². The third kappa shape index (κ3) is 4.63. The molecular weight excluding hydrogens is 270 g/mol. The van der Waals surface area contributed by atoms with E-state index in [1.54, 1.807) is 18.7 Å². The Morgan fingerprint density at radius 1 is 1.47 bits per heavy atom. The van der Waals surface area contributed by atoms with Crippen LogP contribution in [0.2, 0.25) is 0 Å². The van der Waals surface area contributed by atoms with Crippen LogP contribution in [-0.4, -0.2) is 56.9 Å². The van der Waals surface area contributed by atoms with Gasteiger partial charge in [0.2, 0.25) is 10.0 Å². The van der Waals surface area contributed by atoms with Crippen molar-refractivity contribution in [2.45, 2.75) is 38.0 Å². The summed E-state index contributed by atoms with van der Waals surface area (Å²) in [6.45, 7) is 4.78. The lowest BCUT2D eigenvalue weighted by Gasteiger charge is -2.31. The standard InChI is InChI=1S/C11H23N3O4S/c1-3-18-11(15)14-6-4-10(5-7-14)13-19(16,17)9(2)8-12/h9-10,13H,3-8,12H2,1-2H3. The zero-order valence-electron chi connectivity index (χ0n) is 11.5. The zero-order chi connectivity index (χ0) is 14.5. The summed E-state index contributed by atoms with van der Waals surface area (Å²) in [4.78, 5) is 13.1. The Morgan fingerprint density at radius 3 is 2.53 bits per heavy atom. The lowest BCUT2D eigenvalue weighted by atomic mass is 10.1. The van der Waals surface area contributed by atoms with Crippen LogP contribution in [0.3, 0.4) is 0 Å². The highest BCUT2D eigenvalue weighted by molar-refractivity contribution is 7.90. The van der Waals surface area contributed by atoms with Crippen molar-refractivity contribution in [2.24, 2.45) is 5.73 Å². The van der Waals surface area contributed by atoms with Crippen LogP contribution in [-0.2, 0) is 14.8 Å². The molecular formula is C11H23N3O4S. The monoisotopic (exact) mass is 293 g/mol. The molecule has 1 aliphatic rings. The highest BCUT2D eigenvalue weighted by Crippen LogP contribution is 2.13. The van der Waals surface area contributed by atoms with Crippen LogP contribution in [0.1, 0.15) is 26.7 Å². The van der Waals surface area contributed by atoms with Gasteiger partial charge in [-0.2, -0.15) is 0 Å². The molecule has 0 spiro atoms. The fraction of sp³-hybridized carbons (Fsp3) is 0.909. The van der Waals surface area contributed by atoms with Gasteiger partial charge in [0.05, 0.1) is 11.9 Å². The molecule has 1 amide bonds. The lowest BCUT2D eigenvalue weighted by Crippen LogP contribution is -2.49. The van der Waals surface area contributed by atoms with Crippen LogP contribution in [0.4, 0.5) is 4.79 Å². The largest absolute Gasteiger partial charge is 0.450 e. The van der Waals surface area contributed by atoms with Crippen LogP contribution in [0.25, 0.3) is 0 Å². The molecule has 7 nitrogen and oxygen atoms in total. The number of hydrogen-bond acceptors (Lipinski definition) is 5. The Bertz CT molecular complexity index is 391. The van der Waals surface area contributed by atoms with Crippen LogP contribution >= 0.6 is 0 Å². The van der Waals surface area contributed by atoms with Gasteiger partial charge in [-0.05, 0) is 26.7 Å². The summed E-state index contributed by atoms with van der Waals surface area (Å²) < 4.78 is 31.3. The number of nitrogens with two attached hydrogens (primary N) is 1. The molecule has 1 heterocycles. The van der Waals surface area contributed by atoms with Crippen molar-refractivity contribution < 1.29 is 17.9 Å². The molecule has 1 atom stereocenters. The predicted molar refractivity (Wildman–Crippen MR) is 72.2 cm³/mol. The van der Waals surface area contributed by atoms with Gasteiger partial charge in [-0.3, -0.25) is 0 Å². The first-order chi connectivity index (χ1) is 8.90. The quantitative estimate of drug-likeness (QED) is 0.735. The molecule has 0 aromatic carbocycles. The average Bonchev–Trinajstić information content (AvgIpc) is 2.38. The number of sulfonamides is 1. The fourth-order valence-electron chi connectivity index (χ4n) is 1.87. The molecule has 1 aliphatic heterocycles. The molecule has 1 unspecified atom stereocenters. The molecule has 0 aromatic rings. The summed E-state index contributed by atoms with van der Waals surface area (Å²) in [6.07, 6.45) is 0.851. The first-order valence-electron chi connectivity index (χ1n) is 6.53. The Kier molecular flexibility index (Phi) is 6.02. The van der Waals surface area contributed by atoms with Gasteiger partial charge in [0.1, 0.15) is 0 Å². The second-order valence-corrected chi connectivity index (χ2v) is 6.80. The molecule has 0 aromatic heterocycles. The van der Waals surface area contributed by atoms with E-state index in [9.17, 15) is 13.2 Å². The lowest BCUT2D eigenvalue weighted by molar-refractivity contribution is 0.0966. The van der Waals surface area contributed by atoms with E-state index in [0.29, 0.717) is 32.5 Å². The SMILES string of the molecule is CCOC(=O)N1CCC(NS(=O)(=O)C(C)CN)CC1. The summed E-state index contributed by atoms with van der Waals surface area (Å²) in [5, 5.41) is -0.601. The van der Waals surface area contributed by atoms with Crippen molar-refractivity contribution >= 4 is 16.1 Å². The summed E-state index contributed by atoms with van der Waals surface area (Å²) in [5.74, 6) is 0. The van der Waals surface area contributed by atoms with Crippen LogP contribution < -0.4 is 10.5 Å². The van der Waals surface area contributed by atoms with Crippen molar-refractivity contribution in [3.63, 3.8) is 0 Å². The first kappa shape index (κ1) is 16.2. The molecule has 0 saturated carbocycles. The molecule has 3 N–H and O–H groups in total. The number of carbonyl (C=O) groups is 1. The summed E-state index contributed by atoms with van der Waals surface area (Å²) in [5.41, 5.74) is 5.37. The second-order valence-electron chi connectivity index (χ2n) is 4.67. The Hall–Kier alpha value is -0.860. The van der Waals surface area contributed by atoms with Gasteiger partial charge >= 0.3 is 6.09 Å². The maximum absolute atomic E-state index is 11.9. The maximum atomic E-state index is 11.9. The number of rotatable bonds is 5. The van der Waals surface area contributed by atoms with Gasteiger partial charge in [0.15, 0.2) is 0 Å². The average molecular weight is 293 g/mol. The fourth-order valence-corrected chi connectivity index (χ4v) is 3.06.